The summed E-state index contributed by atoms with van der Waals surface area (Å²) in [6, 6.07) is 12.9. The first-order chi connectivity index (χ1) is 7.16. The fraction of sp³-hybridized carbons (Fsp3) is 0. The van der Waals surface area contributed by atoms with Crippen molar-refractivity contribution in [1.29, 1.82) is 0 Å². The van der Waals surface area contributed by atoms with Gasteiger partial charge in [-0.2, -0.15) is 0 Å². The molecule has 0 saturated carbocycles. The van der Waals surface area contributed by atoms with Crippen LogP contribution in [0.1, 0.15) is 0 Å². The van der Waals surface area contributed by atoms with Crippen molar-refractivity contribution in [3.05, 3.63) is 57.5 Å². The van der Waals surface area contributed by atoms with Gasteiger partial charge in [-0.3, -0.25) is 0 Å². The Morgan fingerprint density at radius 3 is 1.88 bits per heavy atom. The van der Waals surface area contributed by atoms with Crippen LogP contribution < -0.4 is 0 Å². The van der Waals surface area contributed by atoms with Gasteiger partial charge in [-0.25, -0.2) is 0 Å². The van der Waals surface area contributed by atoms with E-state index in [1.54, 1.807) is 12.1 Å². The van der Waals surface area contributed by atoms with Gasteiger partial charge in [0.25, 0.3) is 0 Å². The van der Waals surface area contributed by atoms with Gasteiger partial charge in [0.15, 0.2) is 0 Å². The van der Waals surface area contributed by atoms with E-state index in [4.69, 9.17) is 34.8 Å². The predicted octanol–water partition coefficient (Wildman–Crippen LogP) is 4.49. The molecule has 0 radical (unpaired) electrons. The summed E-state index contributed by atoms with van der Waals surface area (Å²) in [5.74, 6) is 0. The normalized spacial score (nSPS) is 9.69. The molecule has 0 aliphatic heterocycles. The van der Waals surface area contributed by atoms with Crippen molar-refractivity contribution in [2.24, 2.45) is 0 Å². The van der Waals surface area contributed by atoms with Crippen molar-refractivity contribution in [3.63, 3.8) is 0 Å². The molecule has 84 valence electrons. The van der Waals surface area contributed by atoms with E-state index in [1.807, 2.05) is 30.3 Å². The number of halogens is 3. The van der Waals surface area contributed by atoms with Gasteiger partial charge < -0.3 is 5.48 Å². The minimum atomic E-state index is 0. The third-order valence-corrected chi connectivity index (χ3v) is 2.90. The Kier molecular flexibility index (Phi) is 4.63. The van der Waals surface area contributed by atoms with E-state index in [2.05, 4.69) is 0 Å². The van der Waals surface area contributed by atoms with Crippen molar-refractivity contribution in [2.45, 2.75) is 0 Å². The fourth-order valence-corrected chi connectivity index (χ4v) is 1.87. The Balaban J connectivity index is 0.00000128. The predicted molar refractivity (Wildman–Crippen MR) is 70.5 cm³/mol. The highest BCUT2D eigenvalue weighted by molar-refractivity contribution is 6.35. The van der Waals surface area contributed by atoms with Gasteiger partial charge in [0.2, 0.25) is 0 Å². The van der Waals surface area contributed by atoms with E-state index in [1.165, 1.54) is 0 Å². The van der Waals surface area contributed by atoms with Crippen LogP contribution in [0.5, 0.6) is 0 Å². The molecule has 16 heavy (non-hydrogen) atoms. The summed E-state index contributed by atoms with van der Waals surface area (Å²) in [4.78, 5) is 0. The molecule has 0 saturated heterocycles. The molecule has 0 aliphatic carbocycles. The molecule has 0 aliphatic rings. The first kappa shape index (κ1) is 13.3. The van der Waals surface area contributed by atoms with Crippen molar-refractivity contribution in [1.82, 2.24) is 0 Å². The summed E-state index contributed by atoms with van der Waals surface area (Å²) in [5, 5.41) is 2.06. The molecule has 2 N–H and O–H groups in total. The lowest BCUT2D eigenvalue weighted by atomic mass is 10.1. The summed E-state index contributed by atoms with van der Waals surface area (Å²) in [6.07, 6.45) is 0. The van der Waals surface area contributed by atoms with Crippen molar-refractivity contribution in [2.75, 3.05) is 0 Å². The minimum absolute atomic E-state index is 0. The smallest absolute Gasteiger partial charge is 0.0485 e. The van der Waals surface area contributed by atoms with E-state index in [9.17, 15) is 0 Å². The number of benzene rings is 2. The first-order valence-electron chi connectivity index (χ1n) is 4.38. The molecule has 2 aromatic carbocycles. The molecule has 2 aromatic rings. The molecule has 2 rings (SSSR count). The van der Waals surface area contributed by atoms with Gasteiger partial charge >= 0.3 is 0 Å². The van der Waals surface area contributed by atoms with Crippen LogP contribution >= 0.6 is 34.8 Å². The van der Waals surface area contributed by atoms with Crippen LogP contribution in [0, 0.1) is 0 Å². The van der Waals surface area contributed by atoms with Gasteiger partial charge in [-0.05, 0) is 35.9 Å². The van der Waals surface area contributed by atoms with Crippen molar-refractivity contribution >= 4 is 34.8 Å². The minimum Gasteiger partial charge on any atom is -0.412 e. The second kappa shape index (κ2) is 5.55. The zero-order chi connectivity index (χ0) is 10.8. The van der Waals surface area contributed by atoms with E-state index in [0.29, 0.717) is 15.1 Å². The number of hydrogen-bond acceptors (Lipinski definition) is 0. The summed E-state index contributed by atoms with van der Waals surface area (Å²) in [6.45, 7) is 0. The van der Waals surface area contributed by atoms with Gasteiger partial charge in [-0.15, -0.1) is 0 Å². The number of hydrogen-bond donors (Lipinski definition) is 0. The van der Waals surface area contributed by atoms with Gasteiger partial charge in [0.1, 0.15) is 0 Å². The van der Waals surface area contributed by atoms with Crippen LogP contribution in [0.2, 0.25) is 15.1 Å². The van der Waals surface area contributed by atoms with Gasteiger partial charge in [-0.1, -0.05) is 46.9 Å². The molecule has 0 spiro atoms. The van der Waals surface area contributed by atoms with Gasteiger partial charge in [0.05, 0.1) is 0 Å². The third kappa shape index (κ3) is 2.89. The second-order valence-corrected chi connectivity index (χ2v) is 4.41. The van der Waals surface area contributed by atoms with Crippen LogP contribution in [0.25, 0.3) is 11.1 Å². The zero-order valence-corrected chi connectivity index (χ0v) is 10.4. The molecule has 1 nitrogen and oxygen atoms in total. The number of rotatable bonds is 1. The molecule has 0 atom stereocenters. The second-order valence-electron chi connectivity index (χ2n) is 3.13. The Labute approximate surface area is 109 Å². The zero-order valence-electron chi connectivity index (χ0n) is 8.18. The first-order valence-corrected chi connectivity index (χ1v) is 5.51. The monoisotopic (exact) mass is 274 g/mol. The maximum atomic E-state index is 6.08. The maximum absolute atomic E-state index is 6.08. The lowest BCUT2D eigenvalue weighted by Gasteiger charge is -2.05. The summed E-state index contributed by atoms with van der Waals surface area (Å²) in [7, 11) is 0. The maximum Gasteiger partial charge on any atom is 0.0485 e. The van der Waals surface area contributed by atoms with Crippen LogP contribution in [0.3, 0.4) is 0 Å². The van der Waals surface area contributed by atoms with Crippen LogP contribution in [-0.2, 0) is 0 Å². The third-order valence-electron chi connectivity index (χ3n) is 2.08. The Morgan fingerprint density at radius 1 is 0.688 bits per heavy atom. The molecule has 0 heterocycles. The Bertz CT molecular complexity index is 480. The molecule has 0 unspecified atom stereocenters. The standard InChI is InChI=1S/C12H7Cl3.H2O/c13-9-3-1-8(2-4-9)11-7-10(14)5-6-12(11)15;/h1-7H;1H2. The van der Waals surface area contributed by atoms with E-state index >= 15 is 0 Å². The molecule has 0 fully saturated rings. The van der Waals surface area contributed by atoms with Crippen molar-refractivity contribution < 1.29 is 5.48 Å². The largest absolute Gasteiger partial charge is 0.412 e. The molecule has 0 bridgehead atoms. The Morgan fingerprint density at radius 2 is 1.25 bits per heavy atom. The average molecular weight is 276 g/mol. The van der Waals surface area contributed by atoms with E-state index in [-0.39, 0.29) is 5.48 Å². The van der Waals surface area contributed by atoms with Crippen LogP contribution in [-0.4, -0.2) is 5.48 Å². The molecule has 0 amide bonds. The highest BCUT2D eigenvalue weighted by Gasteiger charge is 2.03. The highest BCUT2D eigenvalue weighted by atomic mass is 35.5. The molecule has 0 aromatic heterocycles. The van der Waals surface area contributed by atoms with Crippen molar-refractivity contribution in [3.8, 4) is 11.1 Å². The summed E-state index contributed by atoms with van der Waals surface area (Å²) < 4.78 is 0. The quantitative estimate of drug-likeness (QED) is 0.734. The molecular formula is C12H9Cl3O. The van der Waals surface area contributed by atoms with E-state index in [0.717, 1.165) is 11.1 Å². The van der Waals surface area contributed by atoms with Gasteiger partial charge in [0, 0.05) is 20.6 Å². The summed E-state index contributed by atoms with van der Waals surface area (Å²) in [5.41, 5.74) is 1.92. The topological polar surface area (TPSA) is 31.5 Å². The van der Waals surface area contributed by atoms with Crippen LogP contribution in [0.4, 0.5) is 0 Å². The van der Waals surface area contributed by atoms with E-state index < -0.39 is 0 Å². The summed E-state index contributed by atoms with van der Waals surface area (Å²) >= 11 is 17.8. The SMILES string of the molecule is Clc1ccc(-c2cc(Cl)ccc2Cl)cc1.O. The highest BCUT2D eigenvalue weighted by Crippen LogP contribution is 2.31. The lowest BCUT2D eigenvalue weighted by molar-refractivity contribution is 0.824. The Hall–Kier alpha value is -0.730. The average Bonchev–Trinajstić information content (AvgIpc) is 2.23. The van der Waals surface area contributed by atoms with Crippen LogP contribution in [0.15, 0.2) is 42.5 Å². The molecule has 4 heteroatoms. The molecular weight excluding hydrogens is 266 g/mol. The fourth-order valence-electron chi connectivity index (χ4n) is 1.35. The lowest BCUT2D eigenvalue weighted by Crippen LogP contribution is -1.79.